The summed E-state index contributed by atoms with van der Waals surface area (Å²) in [6.45, 7) is 2.26. The molecule has 6 aromatic carbocycles. The summed E-state index contributed by atoms with van der Waals surface area (Å²) in [6.07, 6.45) is 2.86. The van der Waals surface area contributed by atoms with E-state index in [-0.39, 0.29) is 67.9 Å². The number of halogens is 7. The van der Waals surface area contributed by atoms with Crippen molar-refractivity contribution in [3.8, 4) is 0 Å². The molecule has 8 rings (SSSR count). The molecule has 0 bridgehead atoms. The normalized spacial score (nSPS) is 10.7. The van der Waals surface area contributed by atoms with E-state index in [1.807, 2.05) is 60.7 Å². The number of benzene rings is 6. The molecule has 0 aliphatic heterocycles. The molecule has 2 aromatic heterocycles. The highest BCUT2D eigenvalue weighted by Crippen LogP contribution is 2.32. The molecule has 0 spiro atoms. The summed E-state index contributed by atoms with van der Waals surface area (Å²) in [6, 6.07) is 38.5. The summed E-state index contributed by atoms with van der Waals surface area (Å²) in [5.41, 5.74) is 2.32. The van der Waals surface area contributed by atoms with Gasteiger partial charge in [0, 0.05) is 25.8 Å². The number of nitrogens with zero attached hydrogens (tertiary/aromatic N) is 5. The Morgan fingerprint density at radius 3 is 1.46 bits per heavy atom. The number of ether oxygens (including phenoxy) is 1. The third kappa shape index (κ3) is 13.0. The summed E-state index contributed by atoms with van der Waals surface area (Å²) < 4.78 is 8.37. The van der Waals surface area contributed by atoms with Crippen LogP contribution >= 0.6 is 81.2 Å². The summed E-state index contributed by atoms with van der Waals surface area (Å²) in [4.78, 5) is 76.3. The van der Waals surface area contributed by atoms with E-state index in [1.54, 1.807) is 41.8 Å². The predicted molar refractivity (Wildman–Crippen MR) is 279 cm³/mol. The van der Waals surface area contributed by atoms with Crippen LogP contribution < -0.4 is 15.5 Å². The van der Waals surface area contributed by atoms with Crippen molar-refractivity contribution < 1.29 is 28.7 Å². The minimum absolute atomic E-state index is 0.00862. The molecular weight excluding hydrogens is 1050 g/mol. The highest BCUT2D eigenvalue weighted by Gasteiger charge is 2.36. The first-order chi connectivity index (χ1) is 34.1. The third-order valence-corrected chi connectivity index (χ3v) is 12.1. The molecule has 2 heterocycles. The van der Waals surface area contributed by atoms with Crippen LogP contribution in [0.5, 0.6) is 0 Å². The van der Waals surface area contributed by atoms with Gasteiger partial charge in [-0.2, -0.15) is 0 Å². The van der Waals surface area contributed by atoms with Crippen LogP contribution in [0.2, 0.25) is 35.2 Å². The van der Waals surface area contributed by atoms with Crippen molar-refractivity contribution in [2.75, 3.05) is 22.1 Å². The first-order valence-corrected chi connectivity index (χ1v) is 23.7. The summed E-state index contributed by atoms with van der Waals surface area (Å²) in [5, 5.41) is 7.32. The summed E-state index contributed by atoms with van der Waals surface area (Å²) >= 11 is 42.8. The molecule has 0 fully saturated rings. The van der Waals surface area contributed by atoms with Crippen LogP contribution in [0, 0.1) is 0 Å². The number of esters is 1. The van der Waals surface area contributed by atoms with Crippen LogP contribution in [-0.2, 0) is 17.8 Å². The van der Waals surface area contributed by atoms with Crippen molar-refractivity contribution in [3.63, 3.8) is 0 Å². The Morgan fingerprint density at radius 1 is 0.521 bits per heavy atom. The van der Waals surface area contributed by atoms with Gasteiger partial charge in [-0.25, -0.2) is 19.7 Å². The van der Waals surface area contributed by atoms with E-state index in [0.29, 0.717) is 32.3 Å². The Balaban J connectivity index is 0.000000211. The SMILES string of the molecule is CCOC(=O)c1ncn(Cc2ccccc2)c1N(C(=O)c1ccc(Cl)cc1Cl)C(=O)c1ccc(Cl)cc1Cl.O=C(Nc1c(C(=O)Nc2ccc(Cl)cc2)ncn1Cc1ccccc1)c1ccc(Cl)cc1Cl. The van der Waals surface area contributed by atoms with E-state index in [9.17, 15) is 24.0 Å². The zero-order valence-corrected chi connectivity index (χ0v) is 42.2. The lowest BCUT2D eigenvalue weighted by molar-refractivity contribution is 0.0520. The number of anilines is 3. The molecule has 4 amide bonds. The lowest BCUT2D eigenvalue weighted by Crippen LogP contribution is -2.40. The number of amides is 4. The van der Waals surface area contributed by atoms with E-state index in [0.717, 1.165) is 16.0 Å². The van der Waals surface area contributed by atoms with E-state index < -0.39 is 29.6 Å². The molecule has 0 radical (unpaired) electrons. The molecule has 360 valence electrons. The number of nitrogens with one attached hydrogen (secondary N) is 2. The molecule has 0 aliphatic rings. The molecule has 2 N–H and O–H groups in total. The highest BCUT2D eigenvalue weighted by atomic mass is 35.5. The number of carbonyl (C=O) groups is 5. The van der Waals surface area contributed by atoms with Crippen molar-refractivity contribution in [1.82, 2.24) is 19.1 Å². The molecule has 20 heteroatoms. The fourth-order valence-corrected chi connectivity index (χ4v) is 8.45. The number of imide groups is 1. The Hall–Kier alpha value is -6.68. The van der Waals surface area contributed by atoms with Crippen molar-refractivity contribution >= 4 is 128 Å². The average molecular weight is 1090 g/mol. The zero-order chi connectivity index (χ0) is 50.8. The van der Waals surface area contributed by atoms with Gasteiger partial charge in [-0.3, -0.25) is 19.2 Å². The van der Waals surface area contributed by atoms with Crippen LogP contribution in [0.4, 0.5) is 17.3 Å². The predicted octanol–water partition coefficient (Wildman–Crippen LogP) is 13.6. The number of aromatic nitrogens is 4. The van der Waals surface area contributed by atoms with Gasteiger partial charge < -0.3 is 24.5 Å². The number of carbonyl (C=O) groups excluding carboxylic acids is 5. The standard InChI is InChI=1S/C27H19Cl4N3O4.C24H17Cl3N4O2/c1-2-38-27(37)23-24(33(15-32-23)14-16-6-4-3-5-7-16)34(25(35)19-10-8-17(28)12-21(19)30)26(36)20-11-9-18(29)13-22(20)31;25-16-6-9-18(10-7-16)29-24(33)21-22(30-23(32)19-11-8-17(26)12-20(19)27)31(14-28-21)13-15-4-2-1-3-5-15/h3-13,15H,2,14H2,1H3;1-12,14H,13H2,(H,29,33)(H,30,32). The van der Waals surface area contributed by atoms with E-state index >= 15 is 0 Å². The Kier molecular flexibility index (Phi) is 17.6. The van der Waals surface area contributed by atoms with Crippen LogP contribution in [0.15, 0.2) is 152 Å². The van der Waals surface area contributed by atoms with Crippen molar-refractivity contribution in [2.24, 2.45) is 0 Å². The Labute approximate surface area is 441 Å². The fraction of sp³-hybridized carbons (Fsp3) is 0.0784. The first kappa shape index (κ1) is 52.2. The van der Waals surface area contributed by atoms with E-state index in [4.69, 9.17) is 85.9 Å². The van der Waals surface area contributed by atoms with Crippen molar-refractivity contribution in [2.45, 2.75) is 20.0 Å². The maximum absolute atomic E-state index is 14.0. The quantitative estimate of drug-likeness (QED) is 0.0853. The van der Waals surface area contributed by atoms with E-state index in [2.05, 4.69) is 20.6 Å². The molecule has 13 nitrogen and oxygen atoms in total. The van der Waals surface area contributed by atoms with Crippen LogP contribution in [0.25, 0.3) is 0 Å². The largest absolute Gasteiger partial charge is 0.461 e. The van der Waals surface area contributed by atoms with Gasteiger partial charge in [-0.1, -0.05) is 142 Å². The number of imidazole rings is 2. The minimum atomic E-state index is -0.831. The fourth-order valence-electron chi connectivity index (χ4n) is 6.85. The maximum atomic E-state index is 14.0. The molecular formula is C51H36Cl7N7O6. The number of hydrogen-bond donors (Lipinski definition) is 2. The second-order valence-electron chi connectivity index (χ2n) is 15.0. The molecule has 0 atom stereocenters. The minimum Gasteiger partial charge on any atom is -0.461 e. The second-order valence-corrected chi connectivity index (χ2v) is 18.0. The first-order valence-electron chi connectivity index (χ1n) is 21.1. The summed E-state index contributed by atoms with van der Waals surface area (Å²) in [7, 11) is 0. The summed E-state index contributed by atoms with van der Waals surface area (Å²) in [5.74, 6) is -3.33. The maximum Gasteiger partial charge on any atom is 0.360 e. The third-order valence-electron chi connectivity index (χ3n) is 10.2. The van der Waals surface area contributed by atoms with Crippen LogP contribution in [-0.4, -0.2) is 55.3 Å². The van der Waals surface area contributed by atoms with Gasteiger partial charge in [0.15, 0.2) is 17.2 Å². The van der Waals surface area contributed by atoms with Gasteiger partial charge >= 0.3 is 5.97 Å². The smallest absolute Gasteiger partial charge is 0.360 e. The van der Waals surface area contributed by atoms with Crippen molar-refractivity contribution in [3.05, 3.63) is 227 Å². The monoisotopic (exact) mass is 1090 g/mol. The molecule has 71 heavy (non-hydrogen) atoms. The Morgan fingerprint density at radius 2 is 0.972 bits per heavy atom. The average Bonchev–Trinajstić information content (AvgIpc) is 3.93. The van der Waals surface area contributed by atoms with Crippen LogP contribution in [0.1, 0.15) is 70.1 Å². The van der Waals surface area contributed by atoms with Gasteiger partial charge in [0.25, 0.3) is 23.6 Å². The second kappa shape index (κ2) is 24.0. The number of rotatable bonds is 13. The van der Waals surface area contributed by atoms with Gasteiger partial charge in [0.1, 0.15) is 5.82 Å². The zero-order valence-electron chi connectivity index (χ0n) is 36.9. The molecule has 0 unspecified atom stereocenters. The van der Waals surface area contributed by atoms with Gasteiger partial charge in [-0.05, 0) is 96.9 Å². The lowest BCUT2D eigenvalue weighted by atomic mass is 10.1. The van der Waals surface area contributed by atoms with Gasteiger partial charge in [0.05, 0.1) is 64.1 Å². The molecule has 0 aliphatic carbocycles. The van der Waals surface area contributed by atoms with Crippen molar-refractivity contribution in [1.29, 1.82) is 0 Å². The molecule has 0 saturated heterocycles. The molecule has 8 aromatic rings. The van der Waals surface area contributed by atoms with E-state index in [1.165, 1.54) is 65.8 Å². The van der Waals surface area contributed by atoms with Gasteiger partial charge in [-0.15, -0.1) is 0 Å². The van der Waals surface area contributed by atoms with Crippen LogP contribution in [0.3, 0.4) is 0 Å². The Bertz CT molecular complexity index is 3200. The molecule has 0 saturated carbocycles. The number of hydrogen-bond acceptors (Lipinski definition) is 8. The lowest BCUT2D eigenvalue weighted by Gasteiger charge is -2.24. The topological polar surface area (TPSA) is 158 Å². The van der Waals surface area contributed by atoms with Gasteiger partial charge in [0.2, 0.25) is 0 Å². The highest BCUT2D eigenvalue weighted by molar-refractivity contribution is 6.41.